The summed E-state index contributed by atoms with van der Waals surface area (Å²) in [7, 11) is 0. The predicted molar refractivity (Wildman–Crippen MR) is 138 cm³/mol. The van der Waals surface area contributed by atoms with Crippen LogP contribution in [0.4, 0.5) is 5.69 Å². The summed E-state index contributed by atoms with van der Waals surface area (Å²) in [6.45, 7) is 4.05. The van der Waals surface area contributed by atoms with Gasteiger partial charge in [-0.3, -0.25) is 14.5 Å². The molecule has 8 rings (SSSR count). The summed E-state index contributed by atoms with van der Waals surface area (Å²) in [6.07, 6.45) is 6.64. The Kier molecular flexibility index (Phi) is 5.03. The molecule has 0 spiro atoms. The highest BCUT2D eigenvalue weighted by Crippen LogP contribution is 2.65. The van der Waals surface area contributed by atoms with E-state index in [1.165, 1.54) is 12.0 Å². The maximum absolute atomic E-state index is 13.2. The zero-order chi connectivity index (χ0) is 24.3. The fourth-order valence-corrected chi connectivity index (χ4v) is 6.95. The van der Waals surface area contributed by atoms with E-state index in [-0.39, 0.29) is 16.9 Å². The number of carbonyl (C=O) groups excluding carboxylic acids is 1. The molecule has 1 aliphatic heterocycles. The molecule has 4 aliphatic carbocycles. The second kappa shape index (κ2) is 8.30. The second-order valence-electron chi connectivity index (χ2n) is 10.9. The summed E-state index contributed by atoms with van der Waals surface area (Å²) in [5, 5.41) is 0.621. The first-order valence-corrected chi connectivity index (χ1v) is 13.1. The number of carbonyl (C=O) groups is 1. The van der Waals surface area contributed by atoms with Gasteiger partial charge in [0, 0.05) is 37.9 Å². The predicted octanol–water partition coefficient (Wildman–Crippen LogP) is 3.90. The monoisotopic (exact) mass is 482 g/mol. The van der Waals surface area contributed by atoms with E-state index in [0.717, 1.165) is 56.6 Å². The molecular formula is C29H30N4O3. The van der Waals surface area contributed by atoms with Crippen LogP contribution in [0.25, 0.3) is 10.9 Å². The van der Waals surface area contributed by atoms with Gasteiger partial charge in [-0.15, -0.1) is 0 Å². The molecule has 0 radical (unpaired) electrons. The summed E-state index contributed by atoms with van der Waals surface area (Å²) in [6, 6.07) is 15.4. The number of esters is 1. The minimum atomic E-state index is -0.342. The lowest BCUT2D eigenvalue weighted by Gasteiger charge is -2.58. The number of fused-ring (bicyclic) bond motifs is 2. The molecule has 1 saturated heterocycles. The summed E-state index contributed by atoms with van der Waals surface area (Å²) in [4.78, 5) is 37.8. The number of piperazine rings is 1. The molecule has 4 bridgehead atoms. The number of para-hydroxylation sites is 1. The standard InChI is InChI=1S/C29H30N4O3/c34-27-23-6-1-2-7-25(23)30-26(31-27)18-32-10-12-33(13-11-32)21-4-3-5-22(15-21)36-28(35)29-16-19-8-9-24(29)20(14-19)17-29/h1-7,9,15,19-20H,8,10-14,16-18H2,(H,30,31,34). The molecule has 1 aromatic heterocycles. The number of allylic oxidation sites excluding steroid dienone is 1. The number of hydrogen-bond acceptors (Lipinski definition) is 6. The van der Waals surface area contributed by atoms with Gasteiger partial charge in [0.05, 0.1) is 22.9 Å². The van der Waals surface area contributed by atoms with Crippen molar-refractivity contribution in [3.05, 3.63) is 76.4 Å². The van der Waals surface area contributed by atoms with Crippen molar-refractivity contribution in [2.45, 2.75) is 32.2 Å². The average molecular weight is 483 g/mol. The van der Waals surface area contributed by atoms with E-state index in [2.05, 4.69) is 31.9 Å². The van der Waals surface area contributed by atoms with Gasteiger partial charge in [0.25, 0.3) is 5.56 Å². The number of H-pyrrole nitrogens is 1. The number of benzene rings is 2. The zero-order valence-corrected chi connectivity index (χ0v) is 20.3. The van der Waals surface area contributed by atoms with Gasteiger partial charge in [-0.1, -0.05) is 29.8 Å². The molecule has 7 nitrogen and oxygen atoms in total. The van der Waals surface area contributed by atoms with Gasteiger partial charge >= 0.3 is 5.97 Å². The summed E-state index contributed by atoms with van der Waals surface area (Å²) in [5.74, 6) is 2.55. The van der Waals surface area contributed by atoms with Crippen molar-refractivity contribution in [2.24, 2.45) is 17.3 Å². The van der Waals surface area contributed by atoms with Crippen molar-refractivity contribution in [1.29, 1.82) is 0 Å². The smallest absolute Gasteiger partial charge is 0.321 e. The molecule has 36 heavy (non-hydrogen) atoms. The summed E-state index contributed by atoms with van der Waals surface area (Å²) >= 11 is 0. The maximum Gasteiger partial charge on any atom is 0.321 e. The Bertz CT molecular complexity index is 1440. The van der Waals surface area contributed by atoms with E-state index >= 15 is 0 Å². The first-order chi connectivity index (χ1) is 17.6. The number of aromatic amines is 1. The molecule has 3 atom stereocenters. The molecule has 5 aliphatic rings. The highest BCUT2D eigenvalue weighted by molar-refractivity contribution is 5.86. The third-order valence-electron chi connectivity index (χ3n) is 8.70. The highest BCUT2D eigenvalue weighted by atomic mass is 16.5. The Labute approximate surface area is 209 Å². The van der Waals surface area contributed by atoms with Crippen molar-refractivity contribution in [1.82, 2.24) is 14.9 Å². The highest BCUT2D eigenvalue weighted by Gasteiger charge is 2.61. The molecule has 2 heterocycles. The van der Waals surface area contributed by atoms with Crippen LogP contribution in [0.15, 0.2) is 65.0 Å². The Morgan fingerprint density at radius 3 is 2.75 bits per heavy atom. The minimum absolute atomic E-state index is 0.0618. The van der Waals surface area contributed by atoms with Gasteiger partial charge in [0.1, 0.15) is 11.6 Å². The molecule has 1 N–H and O–H groups in total. The van der Waals surface area contributed by atoms with E-state index in [0.29, 0.717) is 35.3 Å². The fraction of sp³-hybridized carbons (Fsp3) is 0.414. The number of anilines is 1. The number of ether oxygens (including phenoxy) is 1. The van der Waals surface area contributed by atoms with Crippen LogP contribution in [0.5, 0.6) is 5.75 Å². The topological polar surface area (TPSA) is 78.5 Å². The van der Waals surface area contributed by atoms with Gasteiger partial charge < -0.3 is 14.6 Å². The van der Waals surface area contributed by atoms with Gasteiger partial charge in [-0.05, 0) is 61.8 Å². The summed E-state index contributed by atoms with van der Waals surface area (Å²) in [5.41, 5.74) is 2.73. The van der Waals surface area contributed by atoms with Crippen molar-refractivity contribution in [2.75, 3.05) is 31.1 Å². The molecule has 2 aromatic carbocycles. The minimum Gasteiger partial charge on any atom is -0.426 e. The SMILES string of the molecule is O=C(Oc1cccc(N2CCN(Cc3nc4ccccc4c(=O)[nH]3)CC2)c1)C12CC3CC=C1C(C3)C2. The van der Waals surface area contributed by atoms with Crippen LogP contribution >= 0.6 is 0 Å². The van der Waals surface area contributed by atoms with Crippen molar-refractivity contribution < 1.29 is 9.53 Å². The molecule has 7 heteroatoms. The number of hydrogen-bond donors (Lipinski definition) is 1. The lowest BCUT2D eigenvalue weighted by molar-refractivity contribution is -0.154. The zero-order valence-electron chi connectivity index (χ0n) is 20.3. The second-order valence-corrected chi connectivity index (χ2v) is 10.9. The van der Waals surface area contributed by atoms with E-state index in [4.69, 9.17) is 4.74 Å². The summed E-state index contributed by atoms with van der Waals surface area (Å²) < 4.78 is 5.97. The van der Waals surface area contributed by atoms with Crippen LogP contribution in [0.1, 0.15) is 31.5 Å². The fourth-order valence-electron chi connectivity index (χ4n) is 6.95. The first kappa shape index (κ1) is 21.8. The Morgan fingerprint density at radius 1 is 1.08 bits per heavy atom. The number of nitrogens with zero attached hydrogens (tertiary/aromatic N) is 3. The normalized spacial score (nSPS) is 27.0. The van der Waals surface area contributed by atoms with Gasteiger partial charge in [-0.2, -0.15) is 0 Å². The van der Waals surface area contributed by atoms with Crippen LogP contribution in [-0.2, 0) is 11.3 Å². The molecule has 184 valence electrons. The third kappa shape index (κ3) is 3.56. The first-order valence-electron chi connectivity index (χ1n) is 13.1. The Hall–Kier alpha value is -3.45. The van der Waals surface area contributed by atoms with Crippen LogP contribution in [0.2, 0.25) is 0 Å². The molecule has 3 unspecified atom stereocenters. The Balaban J connectivity index is 0.994. The molecule has 0 amide bonds. The van der Waals surface area contributed by atoms with Crippen molar-refractivity contribution in [3.8, 4) is 5.75 Å². The van der Waals surface area contributed by atoms with E-state index in [9.17, 15) is 9.59 Å². The van der Waals surface area contributed by atoms with Crippen molar-refractivity contribution >= 4 is 22.6 Å². The number of nitrogens with one attached hydrogen (secondary N) is 1. The van der Waals surface area contributed by atoms with Crippen molar-refractivity contribution in [3.63, 3.8) is 0 Å². The van der Waals surface area contributed by atoms with Crippen LogP contribution < -0.4 is 15.2 Å². The van der Waals surface area contributed by atoms with Crippen LogP contribution in [-0.4, -0.2) is 47.0 Å². The van der Waals surface area contributed by atoms with E-state index < -0.39 is 0 Å². The largest absolute Gasteiger partial charge is 0.426 e. The number of aromatic nitrogens is 2. The third-order valence-corrected chi connectivity index (χ3v) is 8.70. The van der Waals surface area contributed by atoms with Gasteiger partial charge in [0.2, 0.25) is 0 Å². The molecular weight excluding hydrogens is 452 g/mol. The quantitative estimate of drug-likeness (QED) is 0.338. The van der Waals surface area contributed by atoms with Gasteiger partial charge in [-0.25, -0.2) is 4.98 Å². The average Bonchev–Trinajstić information content (AvgIpc) is 2.89. The van der Waals surface area contributed by atoms with Gasteiger partial charge in [0.15, 0.2) is 0 Å². The van der Waals surface area contributed by atoms with Crippen LogP contribution in [0, 0.1) is 17.3 Å². The van der Waals surface area contributed by atoms with E-state index in [1.807, 2.05) is 36.4 Å². The molecule has 3 aromatic rings. The Morgan fingerprint density at radius 2 is 1.94 bits per heavy atom. The van der Waals surface area contributed by atoms with E-state index in [1.54, 1.807) is 6.07 Å². The molecule has 2 saturated carbocycles. The molecule has 3 fully saturated rings. The lowest BCUT2D eigenvalue weighted by Crippen LogP contribution is -2.55. The number of rotatable bonds is 5. The lowest BCUT2D eigenvalue weighted by atomic mass is 9.45. The maximum atomic E-state index is 13.2. The van der Waals surface area contributed by atoms with Crippen LogP contribution in [0.3, 0.4) is 0 Å².